The van der Waals surface area contributed by atoms with E-state index in [0.717, 1.165) is 0 Å². The number of rotatable bonds is 6. The van der Waals surface area contributed by atoms with E-state index in [9.17, 15) is 24.0 Å². The molecule has 0 radical (unpaired) electrons. The van der Waals surface area contributed by atoms with Gasteiger partial charge in [0.05, 0.1) is 53.6 Å². The van der Waals surface area contributed by atoms with Gasteiger partial charge < -0.3 is 5.32 Å². The van der Waals surface area contributed by atoms with E-state index >= 15 is 0 Å². The maximum Gasteiger partial charge on any atom is 0.261 e. The van der Waals surface area contributed by atoms with Crippen molar-refractivity contribution in [2.75, 3.05) is 13.1 Å². The molecule has 210 valence electrons. The molecule has 42 heavy (non-hydrogen) atoms. The number of aromatic nitrogens is 1. The van der Waals surface area contributed by atoms with Gasteiger partial charge in [0.1, 0.15) is 5.92 Å². The van der Waals surface area contributed by atoms with Crippen molar-refractivity contribution in [3.63, 3.8) is 0 Å². The van der Waals surface area contributed by atoms with Crippen molar-refractivity contribution in [1.29, 1.82) is 0 Å². The molecule has 0 atom stereocenters. The van der Waals surface area contributed by atoms with E-state index in [2.05, 4.69) is 10.3 Å². The molecule has 0 fully saturated rings. The number of carbonyl (C=O) groups is 5. The van der Waals surface area contributed by atoms with Crippen LogP contribution in [0.4, 0.5) is 0 Å². The molecule has 0 unspecified atom stereocenters. The number of fused-ring (bicyclic) bond motifs is 3. The maximum atomic E-state index is 13.2. The summed E-state index contributed by atoms with van der Waals surface area (Å²) in [4.78, 5) is 69.9. The van der Waals surface area contributed by atoms with Gasteiger partial charge in [0.15, 0.2) is 11.6 Å². The highest BCUT2D eigenvalue weighted by molar-refractivity contribution is 6.55. The predicted octanol–water partition coefficient (Wildman–Crippen LogP) is 6.43. The third kappa shape index (κ3) is 4.46. The van der Waals surface area contributed by atoms with Crippen LogP contribution in [0.25, 0.3) is 10.9 Å². The highest BCUT2D eigenvalue weighted by Crippen LogP contribution is 2.48. The molecular formula is C30H17Cl4N3O5. The zero-order valence-corrected chi connectivity index (χ0v) is 24.4. The van der Waals surface area contributed by atoms with Crippen molar-refractivity contribution in [1.82, 2.24) is 15.2 Å². The summed E-state index contributed by atoms with van der Waals surface area (Å²) in [5.41, 5.74) is 1.61. The molecule has 3 amide bonds. The molecular weight excluding hydrogens is 624 g/mol. The van der Waals surface area contributed by atoms with E-state index in [-0.39, 0.29) is 67.7 Å². The van der Waals surface area contributed by atoms with E-state index in [4.69, 9.17) is 46.4 Å². The number of Topliss-reactive ketones (excluding diaryl/α,β-unsaturated/α-hetero) is 2. The van der Waals surface area contributed by atoms with Crippen molar-refractivity contribution < 1.29 is 24.0 Å². The number of benzene rings is 3. The molecule has 8 nitrogen and oxygen atoms in total. The second-order valence-corrected chi connectivity index (χ2v) is 11.2. The number of amides is 3. The van der Waals surface area contributed by atoms with Gasteiger partial charge in [0, 0.05) is 24.0 Å². The van der Waals surface area contributed by atoms with Crippen LogP contribution >= 0.6 is 46.4 Å². The fraction of sp³-hybridized carbons (Fsp3) is 0.133. The molecule has 1 aromatic heterocycles. The summed E-state index contributed by atoms with van der Waals surface area (Å²) in [7, 11) is 0. The first-order chi connectivity index (χ1) is 20.1. The molecule has 2 aliphatic rings. The molecule has 1 N–H and O–H groups in total. The van der Waals surface area contributed by atoms with Gasteiger partial charge in [-0.3, -0.25) is 33.9 Å². The third-order valence-corrected chi connectivity index (χ3v) is 9.08. The molecule has 3 aromatic carbocycles. The lowest BCUT2D eigenvalue weighted by Crippen LogP contribution is -2.33. The first kappa shape index (κ1) is 28.3. The molecule has 0 saturated carbocycles. The number of halogens is 4. The van der Waals surface area contributed by atoms with Gasteiger partial charge in [-0.05, 0) is 42.8 Å². The number of pyridine rings is 1. The van der Waals surface area contributed by atoms with Crippen molar-refractivity contribution in [3.8, 4) is 0 Å². The van der Waals surface area contributed by atoms with Gasteiger partial charge in [0.2, 0.25) is 0 Å². The molecule has 1 aliphatic heterocycles. The fourth-order valence-corrected chi connectivity index (χ4v) is 6.24. The van der Waals surface area contributed by atoms with Crippen LogP contribution < -0.4 is 5.32 Å². The standard InChI is InChI=1S/C30H17Cl4N3O5/c31-22-20-21(23(32)25(34)24(22)33)27(39)19(26(20)38)18-9-6-13-12-14(7-8-17(13)36-18)28(40)35-10-3-11-37-29(41)15-4-1-2-5-16(15)30(37)42/h1-2,4-9,12,19H,3,10-11H2,(H,35,40). The lowest BCUT2D eigenvalue weighted by Gasteiger charge is -2.14. The van der Waals surface area contributed by atoms with Crippen LogP contribution in [0.2, 0.25) is 20.1 Å². The lowest BCUT2D eigenvalue weighted by molar-refractivity contribution is 0.0652. The van der Waals surface area contributed by atoms with Crippen molar-refractivity contribution in [3.05, 3.63) is 108 Å². The minimum atomic E-state index is -1.26. The zero-order chi connectivity index (χ0) is 29.9. The normalized spacial score (nSPS) is 14.6. The summed E-state index contributed by atoms with van der Waals surface area (Å²) in [6, 6.07) is 14.6. The largest absolute Gasteiger partial charge is 0.352 e. The van der Waals surface area contributed by atoms with E-state index in [0.29, 0.717) is 34.0 Å². The molecule has 0 bridgehead atoms. The maximum absolute atomic E-state index is 13.2. The Morgan fingerprint density at radius 1 is 0.786 bits per heavy atom. The molecule has 1 aliphatic carbocycles. The van der Waals surface area contributed by atoms with Crippen LogP contribution in [0.1, 0.15) is 69.8 Å². The Hall–Kier alpha value is -3.82. The fourth-order valence-electron chi connectivity index (χ4n) is 5.20. The van der Waals surface area contributed by atoms with Crippen molar-refractivity contribution in [2.24, 2.45) is 0 Å². The number of nitrogens with zero attached hydrogens (tertiary/aromatic N) is 2. The van der Waals surface area contributed by atoms with Crippen molar-refractivity contribution >= 4 is 86.6 Å². The molecule has 4 aromatic rings. The highest BCUT2D eigenvalue weighted by Gasteiger charge is 2.45. The zero-order valence-electron chi connectivity index (χ0n) is 21.3. The SMILES string of the molecule is O=C(NCCCN1C(=O)c2ccccc2C1=O)c1ccc2nc(C3C(=O)c4c(Cl)c(Cl)c(Cl)c(Cl)c4C3=O)ccc2c1. The van der Waals surface area contributed by atoms with Gasteiger partial charge >= 0.3 is 0 Å². The predicted molar refractivity (Wildman–Crippen MR) is 158 cm³/mol. The van der Waals surface area contributed by atoms with Crippen molar-refractivity contribution in [2.45, 2.75) is 12.3 Å². The smallest absolute Gasteiger partial charge is 0.261 e. The van der Waals surface area contributed by atoms with E-state index in [1.165, 1.54) is 11.0 Å². The van der Waals surface area contributed by atoms with Crippen LogP contribution in [0.15, 0.2) is 54.6 Å². The lowest BCUT2D eigenvalue weighted by atomic mass is 9.98. The molecule has 0 spiro atoms. The molecule has 6 rings (SSSR count). The number of ketones is 2. The Morgan fingerprint density at radius 2 is 1.38 bits per heavy atom. The monoisotopic (exact) mass is 639 g/mol. The number of imide groups is 1. The molecule has 0 saturated heterocycles. The minimum absolute atomic E-state index is 0.0806. The second kappa shape index (κ2) is 10.8. The summed E-state index contributed by atoms with van der Waals surface area (Å²) in [6.07, 6.45) is 0.381. The van der Waals surface area contributed by atoms with Crippen LogP contribution in [0.3, 0.4) is 0 Å². The number of hydrogen-bond acceptors (Lipinski definition) is 6. The second-order valence-electron chi connectivity index (χ2n) is 9.73. The van der Waals surface area contributed by atoms with Gasteiger partial charge in [-0.25, -0.2) is 0 Å². The first-order valence-corrected chi connectivity index (χ1v) is 14.2. The summed E-state index contributed by atoms with van der Waals surface area (Å²) < 4.78 is 0. The third-order valence-electron chi connectivity index (χ3n) is 7.28. The van der Waals surface area contributed by atoms with Crippen LogP contribution in [-0.2, 0) is 0 Å². The van der Waals surface area contributed by atoms with Gasteiger partial charge in [0.25, 0.3) is 17.7 Å². The van der Waals surface area contributed by atoms with E-state index in [1.54, 1.807) is 48.5 Å². The average molecular weight is 641 g/mol. The highest BCUT2D eigenvalue weighted by atomic mass is 35.5. The summed E-state index contributed by atoms with van der Waals surface area (Å²) in [5.74, 6) is -3.45. The average Bonchev–Trinajstić information content (AvgIpc) is 3.40. The molecule has 2 heterocycles. The quantitative estimate of drug-likeness (QED) is 0.0855. The van der Waals surface area contributed by atoms with Crippen LogP contribution in [-0.4, -0.2) is 52.3 Å². The Balaban J connectivity index is 1.13. The van der Waals surface area contributed by atoms with E-state index in [1.807, 2.05) is 0 Å². The Bertz CT molecular complexity index is 1830. The van der Waals surface area contributed by atoms with Crippen LogP contribution in [0.5, 0.6) is 0 Å². The Labute approximate surface area is 258 Å². The Morgan fingerprint density at radius 3 is 1.98 bits per heavy atom. The number of hydrogen-bond donors (Lipinski definition) is 1. The van der Waals surface area contributed by atoms with Gasteiger partial charge in [-0.15, -0.1) is 0 Å². The summed E-state index contributed by atoms with van der Waals surface area (Å²) in [6.45, 7) is 0.418. The molecule has 12 heteroatoms. The van der Waals surface area contributed by atoms with Gasteiger partial charge in [-0.1, -0.05) is 64.6 Å². The number of nitrogens with one attached hydrogen (secondary N) is 1. The van der Waals surface area contributed by atoms with Crippen LogP contribution in [0, 0.1) is 0 Å². The Kier molecular flexibility index (Phi) is 7.27. The van der Waals surface area contributed by atoms with E-state index < -0.39 is 17.5 Å². The van der Waals surface area contributed by atoms with Gasteiger partial charge in [-0.2, -0.15) is 0 Å². The number of carbonyl (C=O) groups excluding carboxylic acids is 5. The topological polar surface area (TPSA) is 114 Å². The minimum Gasteiger partial charge on any atom is -0.352 e. The summed E-state index contributed by atoms with van der Waals surface area (Å²) in [5, 5.41) is 2.91. The summed E-state index contributed by atoms with van der Waals surface area (Å²) >= 11 is 24.7. The first-order valence-electron chi connectivity index (χ1n) is 12.7.